The summed E-state index contributed by atoms with van der Waals surface area (Å²) in [7, 11) is 1.53. The number of amides is 2. The van der Waals surface area contributed by atoms with Gasteiger partial charge in [-0.2, -0.15) is 0 Å². The lowest BCUT2D eigenvalue weighted by molar-refractivity contribution is -0.120. The molecule has 2 amide bonds. The Balaban J connectivity index is 1.75. The third-order valence-electron chi connectivity index (χ3n) is 4.58. The van der Waals surface area contributed by atoms with Gasteiger partial charge in [0.25, 0.3) is 11.8 Å². The number of imide groups is 1. The van der Waals surface area contributed by atoms with Crippen molar-refractivity contribution in [1.82, 2.24) is 0 Å². The largest absolute Gasteiger partial charge is 0.497 e. The highest BCUT2D eigenvalue weighted by Crippen LogP contribution is 2.39. The zero-order chi connectivity index (χ0) is 22.8. The summed E-state index contributed by atoms with van der Waals surface area (Å²) >= 11 is 13.0. The van der Waals surface area contributed by atoms with Crippen molar-refractivity contribution in [2.75, 3.05) is 17.3 Å². The van der Waals surface area contributed by atoms with Crippen molar-refractivity contribution in [3.05, 3.63) is 93.2 Å². The van der Waals surface area contributed by atoms with E-state index < -0.39 is 17.6 Å². The van der Waals surface area contributed by atoms with E-state index in [1.807, 2.05) is 0 Å². The molecule has 1 aliphatic rings. The lowest BCUT2D eigenvalue weighted by Gasteiger charge is -2.16. The molecule has 162 valence electrons. The summed E-state index contributed by atoms with van der Waals surface area (Å²) in [6.07, 6.45) is 0. The van der Waals surface area contributed by atoms with E-state index in [4.69, 9.17) is 27.9 Å². The Kier molecular flexibility index (Phi) is 6.41. The van der Waals surface area contributed by atoms with E-state index in [0.29, 0.717) is 16.5 Å². The quantitative estimate of drug-likeness (QED) is 0.422. The average molecular weight is 489 g/mol. The van der Waals surface area contributed by atoms with E-state index in [1.54, 1.807) is 48.5 Å². The number of methoxy groups -OCH3 is 1. The van der Waals surface area contributed by atoms with Gasteiger partial charge in [-0.25, -0.2) is 9.29 Å². The molecular weight excluding hydrogens is 474 g/mol. The molecule has 0 atom stereocenters. The molecule has 1 heterocycles. The fraction of sp³-hybridized carbons (Fsp3) is 0.0435. The maximum absolute atomic E-state index is 13.6. The van der Waals surface area contributed by atoms with Gasteiger partial charge in [0.2, 0.25) is 0 Å². The SMILES string of the molecule is COc1cccc(NC2=C(Sc3ccc(Cl)cc3)C(=O)N(c3ccc(F)c(Cl)c3)C2=O)c1. The third-order valence-corrected chi connectivity index (χ3v) is 6.21. The van der Waals surface area contributed by atoms with Crippen molar-refractivity contribution in [3.8, 4) is 5.75 Å². The lowest BCUT2D eigenvalue weighted by Crippen LogP contribution is -2.32. The number of anilines is 2. The number of ether oxygens (including phenoxy) is 1. The van der Waals surface area contributed by atoms with Gasteiger partial charge in [0.05, 0.1) is 17.8 Å². The Bertz CT molecular complexity index is 1250. The van der Waals surface area contributed by atoms with Gasteiger partial charge in [-0.1, -0.05) is 41.0 Å². The van der Waals surface area contributed by atoms with E-state index in [-0.39, 0.29) is 21.3 Å². The molecular formula is C23H15Cl2FN2O3S. The first-order chi connectivity index (χ1) is 15.4. The van der Waals surface area contributed by atoms with Crippen LogP contribution >= 0.6 is 35.0 Å². The van der Waals surface area contributed by atoms with Crippen molar-refractivity contribution in [3.63, 3.8) is 0 Å². The van der Waals surface area contributed by atoms with Gasteiger partial charge in [0.15, 0.2) is 0 Å². The highest BCUT2D eigenvalue weighted by molar-refractivity contribution is 8.04. The average Bonchev–Trinajstić information content (AvgIpc) is 3.01. The number of nitrogens with one attached hydrogen (secondary N) is 1. The molecule has 9 heteroatoms. The number of carbonyl (C=O) groups excluding carboxylic acids is 2. The molecule has 0 unspecified atom stereocenters. The third kappa shape index (κ3) is 4.46. The van der Waals surface area contributed by atoms with Crippen molar-refractivity contribution in [1.29, 1.82) is 0 Å². The predicted molar refractivity (Wildman–Crippen MR) is 125 cm³/mol. The first-order valence-electron chi connectivity index (χ1n) is 9.30. The Morgan fingerprint density at radius 1 is 0.969 bits per heavy atom. The standard InChI is InChI=1S/C23H15Cl2FN2O3S/c1-31-16-4-2-3-14(11-16)27-20-21(32-17-8-5-13(24)6-9-17)23(30)28(22(20)29)15-7-10-19(26)18(25)12-15/h2-12,27H,1H3. The van der Waals surface area contributed by atoms with Crippen molar-refractivity contribution in [2.45, 2.75) is 4.90 Å². The summed E-state index contributed by atoms with van der Waals surface area (Å²) in [6.45, 7) is 0. The number of benzene rings is 3. The normalized spacial score (nSPS) is 13.7. The number of thioether (sulfide) groups is 1. The summed E-state index contributed by atoms with van der Waals surface area (Å²) in [5.74, 6) is -1.20. The van der Waals surface area contributed by atoms with Crippen LogP contribution < -0.4 is 15.0 Å². The monoisotopic (exact) mass is 488 g/mol. The Morgan fingerprint density at radius 2 is 1.72 bits per heavy atom. The first-order valence-corrected chi connectivity index (χ1v) is 10.9. The molecule has 0 saturated heterocycles. The van der Waals surface area contributed by atoms with E-state index >= 15 is 0 Å². The van der Waals surface area contributed by atoms with Gasteiger partial charge in [0, 0.05) is 21.7 Å². The van der Waals surface area contributed by atoms with Crippen LogP contribution in [-0.2, 0) is 9.59 Å². The maximum atomic E-state index is 13.6. The molecule has 0 aliphatic carbocycles. The van der Waals surface area contributed by atoms with Crippen LogP contribution in [0.5, 0.6) is 5.75 Å². The first kappa shape index (κ1) is 22.2. The molecule has 0 aromatic heterocycles. The molecule has 0 fully saturated rings. The predicted octanol–water partition coefficient (Wildman–Crippen LogP) is 6.13. The summed E-state index contributed by atoms with van der Waals surface area (Å²) in [5, 5.41) is 3.40. The van der Waals surface area contributed by atoms with Gasteiger partial charge in [-0.05, 0) is 54.6 Å². The van der Waals surface area contributed by atoms with Crippen LogP contribution in [0.3, 0.4) is 0 Å². The second kappa shape index (κ2) is 9.24. The van der Waals surface area contributed by atoms with Crippen molar-refractivity contribution < 1.29 is 18.7 Å². The van der Waals surface area contributed by atoms with Crippen LogP contribution in [0, 0.1) is 5.82 Å². The molecule has 3 aromatic carbocycles. The summed E-state index contributed by atoms with van der Waals surface area (Å²) in [5.41, 5.74) is 0.820. The van der Waals surface area contributed by atoms with Gasteiger partial charge in [-0.15, -0.1) is 0 Å². The van der Waals surface area contributed by atoms with Crippen LogP contribution in [0.25, 0.3) is 0 Å². The minimum Gasteiger partial charge on any atom is -0.497 e. The number of nitrogens with zero attached hydrogens (tertiary/aromatic N) is 1. The molecule has 0 radical (unpaired) electrons. The molecule has 0 bridgehead atoms. The molecule has 32 heavy (non-hydrogen) atoms. The number of halogens is 3. The zero-order valence-corrected chi connectivity index (χ0v) is 18.9. The molecule has 3 aromatic rings. The Labute approximate surface area is 197 Å². The number of hydrogen-bond donors (Lipinski definition) is 1. The van der Waals surface area contributed by atoms with Crippen molar-refractivity contribution >= 4 is 58.2 Å². The fourth-order valence-electron chi connectivity index (χ4n) is 3.04. The van der Waals surface area contributed by atoms with E-state index in [9.17, 15) is 14.0 Å². The molecule has 0 saturated carbocycles. The van der Waals surface area contributed by atoms with E-state index in [0.717, 1.165) is 27.6 Å². The zero-order valence-electron chi connectivity index (χ0n) is 16.6. The van der Waals surface area contributed by atoms with Crippen LogP contribution in [0.4, 0.5) is 15.8 Å². The van der Waals surface area contributed by atoms with Gasteiger partial charge in [-0.3, -0.25) is 9.59 Å². The molecule has 4 rings (SSSR count). The minimum absolute atomic E-state index is 0.0867. The molecule has 5 nitrogen and oxygen atoms in total. The van der Waals surface area contributed by atoms with Crippen LogP contribution in [0.2, 0.25) is 10.0 Å². The van der Waals surface area contributed by atoms with Crippen LogP contribution in [0.1, 0.15) is 0 Å². The van der Waals surface area contributed by atoms with Gasteiger partial charge in [0.1, 0.15) is 22.2 Å². The van der Waals surface area contributed by atoms with Crippen LogP contribution in [0.15, 0.2) is 82.2 Å². The highest BCUT2D eigenvalue weighted by atomic mass is 35.5. The topological polar surface area (TPSA) is 58.6 Å². The number of hydrogen-bond acceptors (Lipinski definition) is 5. The fourth-order valence-corrected chi connectivity index (χ4v) is 4.27. The summed E-state index contributed by atoms with van der Waals surface area (Å²) in [6, 6.07) is 17.5. The van der Waals surface area contributed by atoms with E-state index in [2.05, 4.69) is 5.32 Å². The highest BCUT2D eigenvalue weighted by Gasteiger charge is 2.40. The summed E-state index contributed by atoms with van der Waals surface area (Å²) < 4.78 is 18.9. The second-order valence-corrected chi connectivity index (χ2v) is 8.59. The maximum Gasteiger partial charge on any atom is 0.283 e. The van der Waals surface area contributed by atoms with Gasteiger partial charge >= 0.3 is 0 Å². The number of carbonyl (C=O) groups is 2. The Morgan fingerprint density at radius 3 is 2.41 bits per heavy atom. The van der Waals surface area contributed by atoms with Crippen molar-refractivity contribution in [2.24, 2.45) is 0 Å². The minimum atomic E-state index is -0.645. The van der Waals surface area contributed by atoms with Crippen LogP contribution in [-0.4, -0.2) is 18.9 Å². The smallest absolute Gasteiger partial charge is 0.283 e. The second-order valence-electron chi connectivity index (χ2n) is 6.66. The number of rotatable bonds is 6. The van der Waals surface area contributed by atoms with E-state index in [1.165, 1.54) is 19.2 Å². The molecule has 1 aliphatic heterocycles. The molecule has 0 spiro atoms. The summed E-state index contributed by atoms with van der Waals surface area (Å²) in [4.78, 5) is 28.5. The Hall–Kier alpha value is -3.00. The lowest BCUT2D eigenvalue weighted by atomic mass is 10.2. The van der Waals surface area contributed by atoms with Gasteiger partial charge < -0.3 is 10.1 Å². The molecule has 1 N–H and O–H groups in total.